The molecule has 113 valence electrons. The Balaban J connectivity index is 7.32. The van der Waals surface area contributed by atoms with Gasteiger partial charge in [-0.25, -0.2) is 0 Å². The molecule has 0 aromatic carbocycles. The van der Waals surface area contributed by atoms with Gasteiger partial charge in [-0.2, -0.15) is 0 Å². The van der Waals surface area contributed by atoms with Crippen LogP contribution >= 0.6 is 0 Å². The molecule has 0 aromatic heterocycles. The molecule has 0 aliphatic heterocycles. The summed E-state index contributed by atoms with van der Waals surface area (Å²) in [7, 11) is -7.30. The molecule has 0 saturated carbocycles. The van der Waals surface area contributed by atoms with Crippen molar-refractivity contribution in [2.75, 3.05) is 0 Å². The first-order valence-electron chi connectivity index (χ1n) is 5.95. The van der Waals surface area contributed by atoms with Gasteiger partial charge in [0.1, 0.15) is 0 Å². The van der Waals surface area contributed by atoms with Crippen LogP contribution in [-0.2, 0) is 33.7 Å². The third-order valence-electron chi connectivity index (χ3n) is 3.53. The van der Waals surface area contributed by atoms with Crippen LogP contribution in [0.15, 0.2) is 0 Å². The summed E-state index contributed by atoms with van der Waals surface area (Å²) in [4.78, 5) is 46.8. The molecule has 0 saturated heterocycles. The zero-order chi connectivity index (χ0) is 16.6. The zero-order valence-corrected chi connectivity index (χ0v) is 13.6. The van der Waals surface area contributed by atoms with E-state index in [1.54, 1.807) is 0 Å². The van der Waals surface area contributed by atoms with Crippen LogP contribution in [0.4, 0.5) is 0 Å². The van der Waals surface area contributed by atoms with E-state index in [0.29, 0.717) is 4.73 Å². The first-order chi connectivity index (χ1) is 8.64. The van der Waals surface area contributed by atoms with Crippen molar-refractivity contribution in [2.45, 2.75) is 43.9 Å². The van der Waals surface area contributed by atoms with Crippen LogP contribution in [0.1, 0.15) is 34.6 Å². The summed E-state index contributed by atoms with van der Waals surface area (Å²) in [6.45, 7) is 4.78. The molecule has 20 heavy (non-hydrogen) atoms. The van der Waals surface area contributed by atoms with Crippen molar-refractivity contribution in [3.63, 3.8) is 0 Å². The SMILES string of the molecule is C[CH]=[V](=[NH])(=[NH])(=[O])([CH](C(C)=O)C(C)=O)[CH](C(C)=O)C(C)=O. The molecule has 0 unspecified atom stereocenters. The minimum absolute atomic E-state index is 0.616. The van der Waals surface area contributed by atoms with Gasteiger partial charge in [0.15, 0.2) is 0 Å². The summed E-state index contributed by atoms with van der Waals surface area (Å²) in [5.41, 5.74) is 0. The second-order valence-corrected chi connectivity index (χ2v) is 13.5. The van der Waals surface area contributed by atoms with Gasteiger partial charge in [-0.1, -0.05) is 0 Å². The summed E-state index contributed by atoms with van der Waals surface area (Å²) < 4.78 is 26.3. The molecule has 0 radical (unpaired) electrons. The number of Topliss-reactive ketones (excluding diaryl/α,β-unsaturated/α-hetero) is 4. The van der Waals surface area contributed by atoms with E-state index in [-0.39, 0.29) is 0 Å². The van der Waals surface area contributed by atoms with Gasteiger partial charge in [-0.3, -0.25) is 0 Å². The number of hydrogen-bond acceptors (Lipinski definition) is 7. The predicted molar refractivity (Wildman–Crippen MR) is 68.1 cm³/mol. The van der Waals surface area contributed by atoms with Crippen molar-refractivity contribution in [2.24, 2.45) is 0 Å². The number of nitrogens with one attached hydrogen (secondary N) is 2. The Morgan fingerprint density at radius 1 is 0.800 bits per heavy atom. The molecule has 0 heterocycles. The Labute approximate surface area is 114 Å². The van der Waals surface area contributed by atoms with Gasteiger partial charge in [0, 0.05) is 0 Å². The number of hydrogen-bond donors (Lipinski definition) is 2. The van der Waals surface area contributed by atoms with Gasteiger partial charge in [0.2, 0.25) is 0 Å². The van der Waals surface area contributed by atoms with Crippen molar-refractivity contribution in [3.8, 4) is 0 Å². The minimum atomic E-state index is -7.30. The predicted octanol–water partition coefficient (Wildman–Crippen LogP) is 1.84. The molecular formula is C12H20N2O5V. The van der Waals surface area contributed by atoms with E-state index in [4.69, 9.17) is 8.42 Å². The Bertz CT molecular complexity index is 777. The van der Waals surface area contributed by atoms with E-state index in [9.17, 15) is 22.9 Å². The summed E-state index contributed by atoms with van der Waals surface area (Å²) >= 11 is 0. The maximum absolute atomic E-state index is 13.4. The van der Waals surface area contributed by atoms with Crippen LogP contribution in [0.25, 0.3) is 0 Å². The Kier molecular flexibility index (Phi) is 4.20. The third kappa shape index (κ3) is 2.55. The fourth-order valence-electron chi connectivity index (χ4n) is 2.88. The van der Waals surface area contributed by atoms with Crippen LogP contribution < -0.4 is 0 Å². The molecule has 2 N–H and O–H groups in total. The van der Waals surface area contributed by atoms with Gasteiger partial charge < -0.3 is 0 Å². The second-order valence-electron chi connectivity index (χ2n) is 5.34. The summed E-state index contributed by atoms with van der Waals surface area (Å²) in [6.07, 6.45) is 0. The molecular weight excluding hydrogens is 303 g/mol. The molecule has 0 atom stereocenters. The van der Waals surface area contributed by atoms with Gasteiger partial charge in [-0.15, -0.1) is 0 Å². The summed E-state index contributed by atoms with van der Waals surface area (Å²) in [6, 6.07) is 0. The second kappa shape index (κ2) is 4.53. The van der Waals surface area contributed by atoms with Gasteiger partial charge in [-0.05, 0) is 0 Å². The number of carbonyl (C=O) groups is 4. The fraction of sp³-hybridized carbons (Fsp3) is 0.583. The van der Waals surface area contributed by atoms with Crippen LogP contribution in [0.5, 0.6) is 0 Å². The Morgan fingerprint density at radius 2 is 1.00 bits per heavy atom. The van der Waals surface area contributed by atoms with Crippen LogP contribution in [0, 0.1) is 8.42 Å². The van der Waals surface area contributed by atoms with Gasteiger partial charge >= 0.3 is 114 Å². The molecule has 0 aromatic rings. The molecule has 0 rings (SSSR count). The van der Waals surface area contributed by atoms with E-state index >= 15 is 0 Å². The molecule has 8 heteroatoms. The standard InChI is InChI=1S/2C5H7O2.C2H4.2HN.O.V/c2*1-4(6)3-5(2)7;1-2;;;;/h2*3H,1-2H3;1H,2H3;2*1H;;. The van der Waals surface area contributed by atoms with Crippen molar-refractivity contribution in [3.05, 3.63) is 0 Å². The molecule has 0 bridgehead atoms. The first-order valence-corrected chi connectivity index (χ1v) is 10.3. The van der Waals surface area contributed by atoms with E-state index < -0.39 is 43.3 Å². The quantitative estimate of drug-likeness (QED) is 0.719. The molecule has 0 aliphatic carbocycles. The van der Waals surface area contributed by atoms with E-state index in [0.717, 1.165) is 34.6 Å². The zero-order valence-electron chi connectivity index (χ0n) is 12.2. The van der Waals surface area contributed by atoms with Crippen LogP contribution in [0.2, 0.25) is 9.26 Å². The van der Waals surface area contributed by atoms with Crippen LogP contribution in [-0.4, -0.2) is 27.9 Å². The topological polar surface area (TPSA) is 133 Å². The summed E-state index contributed by atoms with van der Waals surface area (Å²) in [5.74, 6) is -3.82. The first kappa shape index (κ1) is 18.5. The normalized spacial score (nSPS) is 13.6. The van der Waals surface area contributed by atoms with E-state index in [1.807, 2.05) is 0 Å². The number of rotatable bonds is 6. The van der Waals surface area contributed by atoms with Crippen molar-refractivity contribution in [1.82, 2.24) is 0 Å². The number of ketones is 4. The summed E-state index contributed by atoms with van der Waals surface area (Å²) in [5, 5.41) is 0. The van der Waals surface area contributed by atoms with Crippen LogP contribution in [0.3, 0.4) is 0 Å². The average Bonchev–Trinajstić information content (AvgIpc) is 2.12. The van der Waals surface area contributed by atoms with E-state index in [1.165, 1.54) is 0 Å². The Hall–Kier alpha value is -1.47. The fourth-order valence-corrected chi connectivity index (χ4v) is 10.1. The molecule has 0 spiro atoms. The Morgan fingerprint density at radius 3 is 1.10 bits per heavy atom. The third-order valence-corrected chi connectivity index (χ3v) is 12.0. The monoisotopic (exact) mass is 323 g/mol. The molecule has 0 aliphatic rings. The average molecular weight is 323 g/mol. The maximum atomic E-state index is 13.4. The van der Waals surface area contributed by atoms with Crippen molar-refractivity contribution < 1.29 is 33.7 Å². The van der Waals surface area contributed by atoms with Gasteiger partial charge in [0.25, 0.3) is 0 Å². The van der Waals surface area contributed by atoms with Crippen molar-refractivity contribution >= 4 is 27.9 Å². The molecule has 0 fully saturated rings. The van der Waals surface area contributed by atoms with E-state index in [2.05, 4.69) is 0 Å². The van der Waals surface area contributed by atoms with Gasteiger partial charge in [0.05, 0.1) is 0 Å². The molecule has 0 amide bonds. The van der Waals surface area contributed by atoms with Crippen molar-refractivity contribution in [1.29, 1.82) is 8.42 Å². The number of carbonyl (C=O) groups excluding carboxylic acids is 4. The molecule has 7 nitrogen and oxygen atoms in total.